The molecule has 0 N–H and O–H groups in total. The fourth-order valence-electron chi connectivity index (χ4n) is 7.70. The standard InChI is InChI=1S/C34H34ClN5O2S/c1-33(2)27-28(33)32(42)40(31(27)41)17-23-15-26-30(43-23)24(5-9-37-26)25-14-22(35)13-21-6-10-39(29(21)25)19-34(18-36)7-11-38(12-8-34)16-20-3-4-20/h5-6,9-10,13-15,20,27-28H,3-4,7-8,11-12,16-17,19H2,1-2H3. The van der Waals surface area contributed by atoms with Gasteiger partial charge in [0.2, 0.25) is 11.8 Å². The van der Waals surface area contributed by atoms with Crippen molar-refractivity contribution in [2.24, 2.45) is 28.6 Å². The van der Waals surface area contributed by atoms with Crippen molar-refractivity contribution >= 4 is 55.9 Å². The number of halogens is 1. The number of piperidine rings is 2. The number of rotatable bonds is 7. The first-order valence-electron chi connectivity index (χ1n) is 15.3. The first-order chi connectivity index (χ1) is 20.7. The molecule has 1 aromatic carbocycles. The zero-order chi connectivity index (χ0) is 29.7. The molecule has 3 aromatic heterocycles. The second-order valence-electron chi connectivity index (χ2n) is 13.8. The molecule has 7 nitrogen and oxygen atoms in total. The molecule has 2 aliphatic heterocycles. The van der Waals surface area contributed by atoms with Crippen LogP contribution in [-0.4, -0.2) is 50.8 Å². The molecule has 0 radical (unpaired) electrons. The summed E-state index contributed by atoms with van der Waals surface area (Å²) < 4.78 is 3.25. The number of fused-ring (bicyclic) bond motifs is 3. The van der Waals surface area contributed by atoms with Crippen LogP contribution in [0.3, 0.4) is 0 Å². The number of carbonyl (C=O) groups is 2. The largest absolute Gasteiger partial charge is 0.345 e. The number of carbonyl (C=O) groups excluding carboxylic acids is 2. The van der Waals surface area contributed by atoms with E-state index in [-0.39, 0.29) is 35.6 Å². The summed E-state index contributed by atoms with van der Waals surface area (Å²) in [5.41, 5.74) is 3.30. The first-order valence-corrected chi connectivity index (χ1v) is 16.5. The van der Waals surface area contributed by atoms with Gasteiger partial charge in [0, 0.05) is 51.9 Å². The Labute approximate surface area is 260 Å². The number of pyridine rings is 1. The van der Waals surface area contributed by atoms with Crippen molar-refractivity contribution in [2.45, 2.75) is 52.6 Å². The minimum atomic E-state index is -0.406. The predicted molar refractivity (Wildman–Crippen MR) is 168 cm³/mol. The highest BCUT2D eigenvalue weighted by molar-refractivity contribution is 7.19. The Morgan fingerprint density at radius 3 is 2.51 bits per heavy atom. The third kappa shape index (κ3) is 4.43. The van der Waals surface area contributed by atoms with Gasteiger partial charge in [-0.2, -0.15) is 5.26 Å². The number of imide groups is 1. The lowest BCUT2D eigenvalue weighted by atomic mass is 9.79. The number of aromatic nitrogens is 2. The zero-order valence-corrected chi connectivity index (χ0v) is 26.0. The van der Waals surface area contributed by atoms with E-state index >= 15 is 0 Å². The van der Waals surface area contributed by atoms with Crippen LogP contribution >= 0.6 is 22.9 Å². The summed E-state index contributed by atoms with van der Waals surface area (Å²) in [6, 6.07) is 12.8. The summed E-state index contributed by atoms with van der Waals surface area (Å²) in [6.07, 6.45) is 8.35. The Hall–Kier alpha value is -3.25. The Balaban J connectivity index is 1.12. The highest BCUT2D eigenvalue weighted by atomic mass is 35.5. The Morgan fingerprint density at radius 2 is 1.81 bits per heavy atom. The molecule has 220 valence electrons. The van der Waals surface area contributed by atoms with Crippen LogP contribution in [0.5, 0.6) is 0 Å². The summed E-state index contributed by atoms with van der Waals surface area (Å²) in [7, 11) is 0. The van der Waals surface area contributed by atoms with Crippen molar-refractivity contribution in [2.75, 3.05) is 19.6 Å². The zero-order valence-electron chi connectivity index (χ0n) is 24.5. The van der Waals surface area contributed by atoms with Crippen molar-refractivity contribution in [1.82, 2.24) is 19.4 Å². The maximum atomic E-state index is 13.0. The Kier molecular flexibility index (Phi) is 6.11. The fraction of sp³-hybridized carbons (Fsp3) is 0.471. The van der Waals surface area contributed by atoms with Gasteiger partial charge >= 0.3 is 0 Å². The molecule has 0 bridgehead atoms. The monoisotopic (exact) mass is 611 g/mol. The van der Waals surface area contributed by atoms with Gasteiger partial charge in [-0.05, 0) is 80.4 Å². The topological polar surface area (TPSA) is 82.2 Å². The van der Waals surface area contributed by atoms with Gasteiger partial charge in [0.1, 0.15) is 0 Å². The number of benzene rings is 1. The van der Waals surface area contributed by atoms with E-state index in [1.807, 2.05) is 44.3 Å². The highest BCUT2D eigenvalue weighted by Gasteiger charge is 2.72. The average Bonchev–Trinajstić information content (AvgIpc) is 3.74. The molecule has 43 heavy (non-hydrogen) atoms. The van der Waals surface area contributed by atoms with E-state index in [2.05, 4.69) is 32.8 Å². The number of nitrogens with zero attached hydrogens (tertiary/aromatic N) is 5. The van der Waals surface area contributed by atoms with E-state index < -0.39 is 5.41 Å². The number of likely N-dealkylation sites (tertiary alicyclic amines) is 2. The van der Waals surface area contributed by atoms with Crippen LogP contribution in [0.2, 0.25) is 5.02 Å². The van der Waals surface area contributed by atoms with Crippen LogP contribution in [0, 0.1) is 39.9 Å². The SMILES string of the molecule is CC1(C)C2C(=O)N(Cc3cc4nccc(-c5cc(Cl)cc6ccn(CC7(C#N)CCN(CC8CC8)CC7)c56)c4s3)C(=O)C21. The van der Waals surface area contributed by atoms with Crippen molar-refractivity contribution in [3.63, 3.8) is 0 Å². The van der Waals surface area contributed by atoms with Gasteiger partial charge in [-0.15, -0.1) is 11.3 Å². The normalized spacial score (nSPS) is 24.6. The minimum Gasteiger partial charge on any atom is -0.345 e. The van der Waals surface area contributed by atoms with Crippen molar-refractivity contribution < 1.29 is 9.59 Å². The Morgan fingerprint density at radius 1 is 1.07 bits per heavy atom. The molecule has 0 spiro atoms. The molecular weight excluding hydrogens is 578 g/mol. The number of hydrogen-bond acceptors (Lipinski definition) is 6. The van der Waals surface area contributed by atoms with E-state index in [0.29, 0.717) is 11.6 Å². The van der Waals surface area contributed by atoms with Gasteiger partial charge in [0.05, 0.1) is 45.6 Å². The van der Waals surface area contributed by atoms with Gasteiger partial charge in [0.25, 0.3) is 0 Å². The second-order valence-corrected chi connectivity index (χ2v) is 15.4. The average molecular weight is 612 g/mol. The summed E-state index contributed by atoms with van der Waals surface area (Å²) in [5, 5.41) is 12.1. The van der Waals surface area contributed by atoms with Gasteiger partial charge in [0.15, 0.2) is 0 Å². The first kappa shape index (κ1) is 27.3. The van der Waals surface area contributed by atoms with Crippen LogP contribution in [-0.2, 0) is 22.7 Å². The fourth-order valence-corrected chi connectivity index (χ4v) is 9.06. The van der Waals surface area contributed by atoms with Crippen LogP contribution < -0.4 is 0 Å². The number of nitriles is 1. The predicted octanol–water partition coefficient (Wildman–Crippen LogP) is 6.73. The van der Waals surface area contributed by atoms with Gasteiger partial charge in [-0.25, -0.2) is 0 Å². The minimum absolute atomic E-state index is 0.0511. The number of hydrogen-bond donors (Lipinski definition) is 0. The molecule has 4 fully saturated rings. The maximum Gasteiger partial charge on any atom is 0.234 e. The van der Waals surface area contributed by atoms with Crippen molar-refractivity contribution in [1.29, 1.82) is 5.26 Å². The molecule has 4 aromatic rings. The van der Waals surface area contributed by atoms with Gasteiger partial charge in [-0.3, -0.25) is 19.5 Å². The third-order valence-corrected chi connectivity index (χ3v) is 11.9. The molecule has 2 saturated heterocycles. The molecule has 4 aliphatic rings. The van der Waals surface area contributed by atoms with Crippen molar-refractivity contribution in [3.8, 4) is 17.2 Å². The third-order valence-electron chi connectivity index (χ3n) is 10.5. The van der Waals surface area contributed by atoms with Crippen LogP contribution in [0.15, 0.2) is 42.7 Å². The summed E-state index contributed by atoms with van der Waals surface area (Å²) in [6.45, 7) is 8.06. The van der Waals surface area contributed by atoms with Crippen LogP contribution in [0.1, 0.15) is 44.4 Å². The van der Waals surface area contributed by atoms with Gasteiger partial charge in [-0.1, -0.05) is 25.4 Å². The lowest BCUT2D eigenvalue weighted by Crippen LogP contribution is -2.42. The Bertz CT molecular complexity index is 1830. The number of amides is 2. The van der Waals surface area contributed by atoms with E-state index in [0.717, 1.165) is 69.0 Å². The summed E-state index contributed by atoms with van der Waals surface area (Å²) in [5.74, 6) is 0.393. The molecule has 8 rings (SSSR count). The molecule has 2 unspecified atom stereocenters. The van der Waals surface area contributed by atoms with Crippen molar-refractivity contribution in [3.05, 3.63) is 52.6 Å². The second kappa shape index (κ2) is 9.62. The van der Waals surface area contributed by atoms with E-state index in [9.17, 15) is 14.9 Å². The van der Waals surface area contributed by atoms with E-state index in [4.69, 9.17) is 11.6 Å². The van der Waals surface area contributed by atoms with Crippen LogP contribution in [0.4, 0.5) is 0 Å². The maximum absolute atomic E-state index is 13.0. The summed E-state index contributed by atoms with van der Waals surface area (Å²) >= 11 is 8.25. The molecular formula is C34H34ClN5O2S. The smallest absolute Gasteiger partial charge is 0.234 e. The quantitative estimate of drug-likeness (QED) is 0.217. The number of thiophene rings is 1. The van der Waals surface area contributed by atoms with Crippen LogP contribution in [0.25, 0.3) is 32.2 Å². The highest BCUT2D eigenvalue weighted by Crippen LogP contribution is 2.63. The summed E-state index contributed by atoms with van der Waals surface area (Å²) in [4.78, 5) is 35.6. The van der Waals surface area contributed by atoms with E-state index in [1.54, 1.807) is 11.3 Å². The molecule has 2 aliphatic carbocycles. The molecule has 2 saturated carbocycles. The van der Waals surface area contributed by atoms with E-state index in [1.165, 1.54) is 24.3 Å². The lowest BCUT2D eigenvalue weighted by molar-refractivity contribution is -0.143. The van der Waals surface area contributed by atoms with Gasteiger partial charge < -0.3 is 9.47 Å². The molecule has 2 atom stereocenters. The molecule has 9 heteroatoms. The lowest BCUT2D eigenvalue weighted by Gasteiger charge is -2.37. The molecule has 2 amide bonds. The molecule has 5 heterocycles.